The van der Waals surface area contributed by atoms with E-state index in [2.05, 4.69) is 27.0 Å². The third-order valence-electron chi connectivity index (χ3n) is 3.99. The van der Waals surface area contributed by atoms with E-state index in [-0.39, 0.29) is 11.7 Å². The van der Waals surface area contributed by atoms with Gasteiger partial charge in [-0.25, -0.2) is 4.39 Å². The van der Waals surface area contributed by atoms with Crippen molar-refractivity contribution in [3.8, 4) is 0 Å². The van der Waals surface area contributed by atoms with Crippen LogP contribution in [0, 0.1) is 5.82 Å². The molecule has 0 radical (unpaired) electrons. The average molecular weight is 348 g/mol. The molecule has 1 fully saturated rings. The number of halogens is 1. The number of thioether (sulfide) groups is 1. The first kappa shape index (κ1) is 17.0. The molecule has 1 aromatic heterocycles. The molecular weight excluding hydrogens is 327 g/mol. The van der Waals surface area contributed by atoms with Crippen molar-refractivity contribution in [3.05, 3.63) is 41.5 Å². The third kappa shape index (κ3) is 4.35. The molecule has 1 N–H and O–H groups in total. The molecule has 0 saturated heterocycles. The van der Waals surface area contributed by atoms with Crippen molar-refractivity contribution in [2.45, 2.75) is 43.8 Å². The van der Waals surface area contributed by atoms with Gasteiger partial charge in [0.15, 0.2) is 5.16 Å². The SMILES string of the molecule is CCn1c(SCC(=O)NCCc2ccc(F)cc2)nnc1C1CC1. The van der Waals surface area contributed by atoms with Crippen LogP contribution >= 0.6 is 11.8 Å². The quantitative estimate of drug-likeness (QED) is 0.745. The van der Waals surface area contributed by atoms with E-state index >= 15 is 0 Å². The molecule has 0 aliphatic heterocycles. The van der Waals surface area contributed by atoms with Gasteiger partial charge in [-0.05, 0) is 43.9 Å². The molecule has 1 aliphatic carbocycles. The topological polar surface area (TPSA) is 59.8 Å². The van der Waals surface area contributed by atoms with Crippen molar-refractivity contribution in [3.63, 3.8) is 0 Å². The van der Waals surface area contributed by atoms with Crippen molar-refractivity contribution in [1.29, 1.82) is 0 Å². The van der Waals surface area contributed by atoms with Gasteiger partial charge in [0, 0.05) is 19.0 Å². The van der Waals surface area contributed by atoms with Crippen molar-refractivity contribution in [1.82, 2.24) is 20.1 Å². The average Bonchev–Trinajstić information content (AvgIpc) is 3.34. The van der Waals surface area contributed by atoms with Crippen molar-refractivity contribution in [2.24, 2.45) is 0 Å². The first-order valence-corrected chi connectivity index (χ1v) is 9.23. The van der Waals surface area contributed by atoms with Crippen molar-refractivity contribution < 1.29 is 9.18 Å². The van der Waals surface area contributed by atoms with E-state index in [0.717, 1.165) is 23.1 Å². The maximum atomic E-state index is 12.8. The van der Waals surface area contributed by atoms with Crippen LogP contribution in [0.5, 0.6) is 0 Å². The summed E-state index contributed by atoms with van der Waals surface area (Å²) in [5.41, 5.74) is 1.00. The standard InChI is InChI=1S/C17H21FN4OS/c1-2-22-16(13-5-6-13)20-21-17(22)24-11-15(23)19-10-9-12-3-7-14(18)8-4-12/h3-4,7-8,13H,2,5-6,9-11H2,1H3,(H,19,23). The summed E-state index contributed by atoms with van der Waals surface area (Å²) in [6.45, 7) is 3.44. The highest BCUT2D eigenvalue weighted by Crippen LogP contribution is 2.39. The second-order valence-corrected chi connectivity index (χ2v) is 6.82. The molecule has 1 amide bonds. The Kier molecular flexibility index (Phi) is 5.50. The van der Waals surface area contributed by atoms with Gasteiger partial charge in [-0.2, -0.15) is 0 Å². The van der Waals surface area contributed by atoms with Gasteiger partial charge in [-0.3, -0.25) is 4.79 Å². The van der Waals surface area contributed by atoms with Crippen LogP contribution in [0.2, 0.25) is 0 Å². The van der Waals surface area contributed by atoms with E-state index in [1.165, 1.54) is 36.7 Å². The van der Waals surface area contributed by atoms with E-state index in [1.54, 1.807) is 12.1 Å². The smallest absolute Gasteiger partial charge is 0.230 e. The second kappa shape index (κ2) is 7.79. The minimum Gasteiger partial charge on any atom is -0.355 e. The van der Waals surface area contributed by atoms with Crippen LogP contribution in [0.4, 0.5) is 4.39 Å². The zero-order valence-corrected chi connectivity index (χ0v) is 14.5. The Morgan fingerprint density at radius 3 is 2.75 bits per heavy atom. The lowest BCUT2D eigenvalue weighted by atomic mass is 10.1. The zero-order chi connectivity index (χ0) is 16.9. The molecule has 1 heterocycles. The second-order valence-electron chi connectivity index (χ2n) is 5.87. The first-order valence-electron chi connectivity index (χ1n) is 8.24. The fraction of sp³-hybridized carbons (Fsp3) is 0.471. The fourth-order valence-corrected chi connectivity index (χ4v) is 3.37. The van der Waals surface area contributed by atoms with Gasteiger partial charge in [0.1, 0.15) is 11.6 Å². The summed E-state index contributed by atoms with van der Waals surface area (Å²) in [7, 11) is 0. The van der Waals surface area contributed by atoms with Gasteiger partial charge < -0.3 is 9.88 Å². The molecule has 7 heteroatoms. The summed E-state index contributed by atoms with van der Waals surface area (Å²) in [6.07, 6.45) is 3.06. The summed E-state index contributed by atoms with van der Waals surface area (Å²) in [5, 5.41) is 12.2. The number of nitrogens with zero attached hydrogens (tertiary/aromatic N) is 3. The molecule has 5 nitrogen and oxygen atoms in total. The molecule has 0 spiro atoms. The summed E-state index contributed by atoms with van der Waals surface area (Å²) < 4.78 is 14.9. The number of carbonyl (C=O) groups excluding carboxylic acids is 1. The van der Waals surface area contributed by atoms with Crippen molar-refractivity contribution >= 4 is 17.7 Å². The Hall–Kier alpha value is -1.89. The van der Waals surface area contributed by atoms with Gasteiger partial charge in [0.2, 0.25) is 5.91 Å². The maximum Gasteiger partial charge on any atom is 0.230 e. The van der Waals surface area contributed by atoms with Crippen molar-refractivity contribution in [2.75, 3.05) is 12.3 Å². The third-order valence-corrected chi connectivity index (χ3v) is 4.95. The first-order chi connectivity index (χ1) is 11.7. The van der Waals surface area contributed by atoms with Crippen LogP contribution in [0.25, 0.3) is 0 Å². The molecule has 2 aromatic rings. The number of aromatic nitrogens is 3. The highest BCUT2D eigenvalue weighted by molar-refractivity contribution is 7.99. The Morgan fingerprint density at radius 2 is 2.08 bits per heavy atom. The fourth-order valence-electron chi connectivity index (χ4n) is 2.53. The molecule has 0 bridgehead atoms. The summed E-state index contributed by atoms with van der Waals surface area (Å²) in [5.74, 6) is 1.66. The minimum absolute atomic E-state index is 0.0271. The lowest BCUT2D eigenvalue weighted by molar-refractivity contribution is -0.118. The van der Waals surface area contributed by atoms with Crippen LogP contribution < -0.4 is 5.32 Å². The maximum absolute atomic E-state index is 12.8. The largest absolute Gasteiger partial charge is 0.355 e. The molecular formula is C17H21FN4OS. The number of rotatable bonds is 8. The van der Waals surface area contributed by atoms with Gasteiger partial charge in [-0.15, -0.1) is 10.2 Å². The highest BCUT2D eigenvalue weighted by atomic mass is 32.2. The van der Waals surface area contributed by atoms with Crippen LogP contribution in [0.15, 0.2) is 29.4 Å². The summed E-state index contributed by atoms with van der Waals surface area (Å²) >= 11 is 1.42. The van der Waals surface area contributed by atoms with Crippen LogP contribution in [-0.4, -0.2) is 33.0 Å². The predicted molar refractivity (Wildman–Crippen MR) is 91.5 cm³/mol. The molecule has 1 saturated carbocycles. The van der Waals surface area contributed by atoms with E-state index in [9.17, 15) is 9.18 Å². The summed E-state index contributed by atoms with van der Waals surface area (Å²) in [4.78, 5) is 12.0. The number of hydrogen-bond acceptors (Lipinski definition) is 4. The van der Waals surface area contributed by atoms with E-state index < -0.39 is 0 Å². The van der Waals surface area contributed by atoms with E-state index in [0.29, 0.717) is 24.6 Å². The monoisotopic (exact) mass is 348 g/mol. The van der Waals surface area contributed by atoms with Gasteiger partial charge >= 0.3 is 0 Å². The molecule has 1 aliphatic rings. The summed E-state index contributed by atoms with van der Waals surface area (Å²) in [6, 6.07) is 6.34. The predicted octanol–water partition coefficient (Wildman–Crippen LogP) is 2.77. The lowest BCUT2D eigenvalue weighted by Gasteiger charge is -2.07. The Labute approximate surface area is 145 Å². The Morgan fingerprint density at radius 1 is 1.33 bits per heavy atom. The van der Waals surface area contributed by atoms with Crippen LogP contribution in [0.3, 0.4) is 0 Å². The van der Waals surface area contributed by atoms with Crippen LogP contribution in [0.1, 0.15) is 37.1 Å². The minimum atomic E-state index is -0.246. The van der Waals surface area contributed by atoms with E-state index in [1.807, 2.05) is 0 Å². The number of hydrogen-bond donors (Lipinski definition) is 1. The molecule has 0 unspecified atom stereocenters. The van der Waals surface area contributed by atoms with E-state index in [4.69, 9.17) is 0 Å². The molecule has 24 heavy (non-hydrogen) atoms. The molecule has 1 aromatic carbocycles. The van der Waals surface area contributed by atoms with Gasteiger partial charge in [-0.1, -0.05) is 23.9 Å². The zero-order valence-electron chi connectivity index (χ0n) is 13.7. The van der Waals surface area contributed by atoms with Gasteiger partial charge in [0.05, 0.1) is 5.75 Å². The lowest BCUT2D eigenvalue weighted by Crippen LogP contribution is -2.27. The Bertz CT molecular complexity index is 697. The Balaban J connectivity index is 1.43. The number of benzene rings is 1. The molecule has 3 rings (SSSR count). The normalized spacial score (nSPS) is 13.9. The number of amides is 1. The highest BCUT2D eigenvalue weighted by Gasteiger charge is 2.30. The van der Waals surface area contributed by atoms with Crippen LogP contribution in [-0.2, 0) is 17.8 Å². The van der Waals surface area contributed by atoms with Gasteiger partial charge in [0.25, 0.3) is 0 Å². The number of nitrogens with one attached hydrogen (secondary N) is 1. The number of carbonyl (C=O) groups is 1. The molecule has 0 atom stereocenters. The molecule has 128 valence electrons.